The Morgan fingerprint density at radius 2 is 2.11 bits per heavy atom. The molecule has 0 bridgehead atoms. The van der Waals surface area contributed by atoms with E-state index in [1.165, 1.54) is 11.1 Å². The van der Waals surface area contributed by atoms with Crippen LogP contribution in [0.3, 0.4) is 0 Å². The molecule has 45 valence electrons. The van der Waals surface area contributed by atoms with Crippen LogP contribution in [0.2, 0.25) is 0 Å². The van der Waals surface area contributed by atoms with Crippen molar-refractivity contribution in [2.45, 2.75) is 12.8 Å². The molecule has 0 fully saturated rings. The van der Waals surface area contributed by atoms with Crippen LogP contribution in [0.1, 0.15) is 11.1 Å². The Labute approximate surface area is 54.7 Å². The molecule has 1 aliphatic carbocycles. The van der Waals surface area contributed by atoms with Crippen molar-refractivity contribution in [2.24, 2.45) is 0 Å². The molecule has 0 N–H and O–H groups in total. The molecule has 9 heavy (non-hydrogen) atoms. The van der Waals surface area contributed by atoms with Crippen LogP contribution in [0.5, 0.6) is 0 Å². The van der Waals surface area contributed by atoms with E-state index in [-0.39, 0.29) is 0 Å². The number of pyridine rings is 1. The predicted molar refractivity (Wildman–Crippen MR) is 35.9 cm³/mol. The Balaban J connectivity index is 2.54. The zero-order valence-electron chi connectivity index (χ0n) is 5.17. The lowest BCUT2D eigenvalue weighted by molar-refractivity contribution is 1.16. The quantitative estimate of drug-likeness (QED) is 0.501. The second kappa shape index (κ2) is 1.83. The molecule has 0 spiro atoms. The Hall–Kier alpha value is -0.850. The zero-order chi connectivity index (χ0) is 6.10. The van der Waals surface area contributed by atoms with Gasteiger partial charge in [-0.1, -0.05) is 0 Å². The van der Waals surface area contributed by atoms with Gasteiger partial charge in [0.2, 0.25) is 0 Å². The normalized spacial score (nSPS) is 15.6. The van der Waals surface area contributed by atoms with Gasteiger partial charge < -0.3 is 0 Å². The van der Waals surface area contributed by atoms with Gasteiger partial charge in [0.15, 0.2) is 0 Å². The van der Waals surface area contributed by atoms with Gasteiger partial charge in [0.05, 0.1) is 0 Å². The van der Waals surface area contributed by atoms with Crippen molar-refractivity contribution in [2.75, 3.05) is 0 Å². The molecule has 1 heteroatoms. The van der Waals surface area contributed by atoms with Crippen LogP contribution in [-0.4, -0.2) is 4.98 Å². The molecule has 0 saturated heterocycles. The average Bonchev–Trinajstić information content (AvgIpc) is 2.33. The summed E-state index contributed by atoms with van der Waals surface area (Å²) in [6.45, 7) is 0. The number of aromatic nitrogens is 1. The van der Waals surface area contributed by atoms with Crippen molar-refractivity contribution >= 4 is 0 Å². The molecule has 0 aliphatic heterocycles. The lowest BCUT2D eigenvalue weighted by atomic mass is 10.2. The minimum atomic E-state index is 1.11. The van der Waals surface area contributed by atoms with Crippen molar-refractivity contribution in [1.82, 2.24) is 4.98 Å². The number of hydrogen-bond acceptors (Lipinski definition) is 1. The minimum absolute atomic E-state index is 1.11. The van der Waals surface area contributed by atoms with Crippen LogP contribution in [0.4, 0.5) is 0 Å². The summed E-state index contributed by atoms with van der Waals surface area (Å²) < 4.78 is 0. The summed E-state index contributed by atoms with van der Waals surface area (Å²) in [5, 5.41) is 0. The second-order valence-electron chi connectivity index (χ2n) is 2.34. The van der Waals surface area contributed by atoms with Crippen LogP contribution < -0.4 is 0 Å². The maximum absolute atomic E-state index is 4.04. The summed E-state index contributed by atoms with van der Waals surface area (Å²) >= 11 is 0. The molecule has 0 saturated carbocycles. The minimum Gasteiger partial charge on any atom is -0.264 e. The first kappa shape index (κ1) is 4.98. The third-order valence-corrected chi connectivity index (χ3v) is 1.73. The van der Waals surface area contributed by atoms with Crippen molar-refractivity contribution in [3.05, 3.63) is 36.0 Å². The molecule has 1 radical (unpaired) electrons. The monoisotopic (exact) mass is 118 g/mol. The van der Waals surface area contributed by atoms with Gasteiger partial charge in [0.1, 0.15) is 0 Å². The third-order valence-electron chi connectivity index (χ3n) is 1.73. The average molecular weight is 118 g/mol. The maximum atomic E-state index is 4.04. The van der Waals surface area contributed by atoms with E-state index in [1.807, 2.05) is 12.4 Å². The van der Waals surface area contributed by atoms with Gasteiger partial charge in [-0.25, -0.2) is 0 Å². The van der Waals surface area contributed by atoms with E-state index >= 15 is 0 Å². The summed E-state index contributed by atoms with van der Waals surface area (Å²) in [5.74, 6) is 0. The molecular weight excluding hydrogens is 110 g/mol. The van der Waals surface area contributed by atoms with Crippen LogP contribution in [0.15, 0.2) is 18.5 Å². The fraction of sp³-hybridized carbons (Fsp3) is 0.250. The Morgan fingerprint density at radius 3 is 3.00 bits per heavy atom. The van der Waals surface area contributed by atoms with E-state index in [9.17, 15) is 0 Å². The molecule has 1 nitrogen and oxygen atoms in total. The van der Waals surface area contributed by atoms with Gasteiger partial charge in [0.25, 0.3) is 0 Å². The molecule has 0 aromatic carbocycles. The molecule has 0 amide bonds. The number of nitrogens with zero attached hydrogens (tertiary/aromatic N) is 1. The van der Waals surface area contributed by atoms with Crippen molar-refractivity contribution in [1.29, 1.82) is 0 Å². The standard InChI is InChI=1S/C8H8N/c1-2-7-4-5-9-6-8(7)3-1/h1,4-6H,2-3H2. The molecule has 2 rings (SSSR count). The fourth-order valence-corrected chi connectivity index (χ4v) is 1.22. The lowest BCUT2D eigenvalue weighted by Gasteiger charge is -1.92. The van der Waals surface area contributed by atoms with Gasteiger partial charge in [-0.3, -0.25) is 4.98 Å². The summed E-state index contributed by atoms with van der Waals surface area (Å²) in [4.78, 5) is 4.04. The molecule has 0 unspecified atom stereocenters. The highest BCUT2D eigenvalue weighted by Gasteiger charge is 2.08. The Morgan fingerprint density at radius 1 is 1.22 bits per heavy atom. The predicted octanol–water partition coefficient (Wildman–Crippen LogP) is 1.38. The number of hydrogen-bond donors (Lipinski definition) is 0. The van der Waals surface area contributed by atoms with Crippen LogP contribution in [0.25, 0.3) is 0 Å². The van der Waals surface area contributed by atoms with Gasteiger partial charge >= 0.3 is 0 Å². The molecule has 1 aromatic rings. The van der Waals surface area contributed by atoms with E-state index in [4.69, 9.17) is 0 Å². The summed E-state index contributed by atoms with van der Waals surface area (Å²) in [7, 11) is 0. The van der Waals surface area contributed by atoms with Gasteiger partial charge in [-0.15, -0.1) is 0 Å². The maximum Gasteiger partial charge on any atom is 0.0302 e. The van der Waals surface area contributed by atoms with E-state index in [1.54, 1.807) is 0 Å². The fourth-order valence-electron chi connectivity index (χ4n) is 1.22. The molecule has 1 aromatic heterocycles. The molecule has 0 atom stereocenters. The van der Waals surface area contributed by atoms with Gasteiger partial charge in [-0.05, 0) is 36.5 Å². The SMILES string of the molecule is [CH]1Cc2ccncc2C1. The van der Waals surface area contributed by atoms with E-state index in [0.717, 1.165) is 12.8 Å². The Kier molecular flexibility index (Phi) is 1.01. The van der Waals surface area contributed by atoms with E-state index < -0.39 is 0 Å². The highest BCUT2D eigenvalue weighted by molar-refractivity contribution is 5.31. The first-order valence-electron chi connectivity index (χ1n) is 3.20. The molecule has 1 heterocycles. The summed E-state index contributed by atoms with van der Waals surface area (Å²) in [5.41, 5.74) is 2.85. The number of fused-ring (bicyclic) bond motifs is 1. The Bertz CT molecular complexity index is 195. The topological polar surface area (TPSA) is 12.9 Å². The molecular formula is C8H8N. The van der Waals surface area contributed by atoms with Crippen LogP contribution in [-0.2, 0) is 12.8 Å². The van der Waals surface area contributed by atoms with Crippen molar-refractivity contribution < 1.29 is 0 Å². The third kappa shape index (κ3) is 0.727. The first-order valence-corrected chi connectivity index (χ1v) is 3.20. The van der Waals surface area contributed by atoms with Crippen LogP contribution >= 0.6 is 0 Å². The van der Waals surface area contributed by atoms with Crippen LogP contribution in [0, 0.1) is 6.42 Å². The first-order chi connectivity index (χ1) is 4.47. The zero-order valence-corrected chi connectivity index (χ0v) is 5.17. The summed E-state index contributed by atoms with van der Waals surface area (Å²) in [6.07, 6.45) is 8.35. The lowest BCUT2D eigenvalue weighted by Crippen LogP contribution is -1.80. The largest absolute Gasteiger partial charge is 0.264 e. The van der Waals surface area contributed by atoms with Gasteiger partial charge in [-0.2, -0.15) is 0 Å². The highest BCUT2D eigenvalue weighted by Crippen LogP contribution is 2.18. The smallest absolute Gasteiger partial charge is 0.0302 e. The van der Waals surface area contributed by atoms with E-state index in [0.29, 0.717) is 0 Å². The van der Waals surface area contributed by atoms with E-state index in [2.05, 4.69) is 17.5 Å². The number of rotatable bonds is 0. The van der Waals surface area contributed by atoms with Crippen molar-refractivity contribution in [3.63, 3.8) is 0 Å². The van der Waals surface area contributed by atoms with Gasteiger partial charge in [0, 0.05) is 12.4 Å². The highest BCUT2D eigenvalue weighted by atomic mass is 14.6. The summed E-state index contributed by atoms with van der Waals surface area (Å²) in [6, 6.07) is 2.10. The van der Waals surface area contributed by atoms with Crippen molar-refractivity contribution in [3.8, 4) is 0 Å². The second-order valence-corrected chi connectivity index (χ2v) is 2.34. The molecule has 1 aliphatic rings.